The Morgan fingerprint density at radius 3 is 2.59 bits per heavy atom. The summed E-state index contributed by atoms with van der Waals surface area (Å²) < 4.78 is 5.25. The fourth-order valence-corrected chi connectivity index (χ4v) is 3.07. The Labute approximate surface area is 127 Å². The van der Waals surface area contributed by atoms with Crippen molar-refractivity contribution in [2.75, 3.05) is 6.61 Å². The van der Waals surface area contributed by atoms with E-state index >= 15 is 0 Å². The molecular formula is C19H15NO2. The van der Waals surface area contributed by atoms with Crippen LogP contribution in [0.3, 0.4) is 0 Å². The smallest absolute Gasteiger partial charge is 0.338 e. The largest absolute Gasteiger partial charge is 0.462 e. The van der Waals surface area contributed by atoms with Gasteiger partial charge < -0.3 is 9.72 Å². The molecule has 0 aliphatic heterocycles. The fraction of sp³-hybridized carbons (Fsp3) is 0.105. The van der Waals surface area contributed by atoms with Crippen molar-refractivity contribution in [2.45, 2.75) is 6.92 Å². The van der Waals surface area contributed by atoms with E-state index < -0.39 is 0 Å². The summed E-state index contributed by atoms with van der Waals surface area (Å²) in [5.74, 6) is -0.275. The molecule has 3 nitrogen and oxygen atoms in total. The van der Waals surface area contributed by atoms with Crippen LogP contribution in [0.2, 0.25) is 0 Å². The van der Waals surface area contributed by atoms with Gasteiger partial charge in [0.1, 0.15) is 0 Å². The summed E-state index contributed by atoms with van der Waals surface area (Å²) in [6.45, 7) is 2.20. The van der Waals surface area contributed by atoms with Crippen LogP contribution in [0.25, 0.3) is 32.6 Å². The van der Waals surface area contributed by atoms with Gasteiger partial charge in [-0.15, -0.1) is 0 Å². The first-order valence-corrected chi connectivity index (χ1v) is 7.39. The van der Waals surface area contributed by atoms with Gasteiger partial charge in [-0.25, -0.2) is 4.79 Å². The number of benzene rings is 3. The van der Waals surface area contributed by atoms with Crippen molar-refractivity contribution < 1.29 is 9.53 Å². The summed E-state index contributed by atoms with van der Waals surface area (Å²) in [6.07, 6.45) is 0. The molecule has 4 rings (SSSR count). The van der Waals surface area contributed by atoms with E-state index in [0.29, 0.717) is 12.2 Å². The topological polar surface area (TPSA) is 42.1 Å². The quantitative estimate of drug-likeness (QED) is 0.546. The van der Waals surface area contributed by atoms with E-state index in [1.165, 1.54) is 0 Å². The van der Waals surface area contributed by atoms with E-state index in [4.69, 9.17) is 4.74 Å². The molecule has 0 fully saturated rings. The Kier molecular flexibility index (Phi) is 2.86. The van der Waals surface area contributed by atoms with Crippen molar-refractivity contribution >= 4 is 38.5 Å². The average Bonchev–Trinajstić information content (AvgIpc) is 2.94. The minimum absolute atomic E-state index is 0.275. The SMILES string of the molecule is CCOC(=O)c1cc2ccccc2c2[nH]c3ccccc3c12. The van der Waals surface area contributed by atoms with Crippen molar-refractivity contribution in [3.63, 3.8) is 0 Å². The van der Waals surface area contributed by atoms with Crippen molar-refractivity contribution in [1.82, 2.24) is 4.98 Å². The van der Waals surface area contributed by atoms with E-state index in [-0.39, 0.29) is 5.97 Å². The van der Waals surface area contributed by atoms with E-state index in [2.05, 4.69) is 11.1 Å². The molecule has 1 N–H and O–H groups in total. The molecule has 0 aliphatic carbocycles. The third kappa shape index (κ3) is 1.79. The zero-order valence-corrected chi connectivity index (χ0v) is 12.2. The first-order valence-electron chi connectivity index (χ1n) is 7.39. The van der Waals surface area contributed by atoms with Crippen molar-refractivity contribution in [3.8, 4) is 0 Å². The summed E-state index contributed by atoms with van der Waals surface area (Å²) in [4.78, 5) is 15.9. The Hall–Kier alpha value is -2.81. The second-order valence-electron chi connectivity index (χ2n) is 5.29. The lowest BCUT2D eigenvalue weighted by molar-refractivity contribution is 0.0529. The summed E-state index contributed by atoms with van der Waals surface area (Å²) >= 11 is 0. The molecule has 4 aromatic rings. The summed E-state index contributed by atoms with van der Waals surface area (Å²) in [7, 11) is 0. The average molecular weight is 289 g/mol. The van der Waals surface area contributed by atoms with Gasteiger partial charge in [-0.3, -0.25) is 0 Å². The molecule has 3 aromatic carbocycles. The summed E-state index contributed by atoms with van der Waals surface area (Å²) in [5, 5.41) is 4.13. The molecule has 0 amide bonds. The first-order chi connectivity index (χ1) is 10.8. The number of para-hydroxylation sites is 1. The molecule has 22 heavy (non-hydrogen) atoms. The number of ether oxygens (including phenoxy) is 1. The van der Waals surface area contributed by atoms with Crippen molar-refractivity contribution in [1.29, 1.82) is 0 Å². The zero-order chi connectivity index (χ0) is 15.1. The number of hydrogen-bond donors (Lipinski definition) is 1. The maximum atomic E-state index is 12.4. The molecule has 0 spiro atoms. The van der Waals surface area contributed by atoms with Crippen LogP contribution in [0.4, 0.5) is 0 Å². The minimum atomic E-state index is -0.275. The molecule has 0 unspecified atom stereocenters. The maximum Gasteiger partial charge on any atom is 0.338 e. The number of aromatic amines is 1. The van der Waals surface area contributed by atoms with E-state index in [0.717, 1.165) is 32.6 Å². The highest BCUT2D eigenvalue weighted by Crippen LogP contribution is 2.34. The second kappa shape index (κ2) is 4.88. The van der Waals surface area contributed by atoms with Crippen LogP contribution in [0.15, 0.2) is 54.6 Å². The predicted octanol–water partition coefficient (Wildman–Crippen LogP) is 4.65. The van der Waals surface area contributed by atoms with Gasteiger partial charge in [0.2, 0.25) is 0 Å². The molecule has 0 radical (unpaired) electrons. The Balaban J connectivity index is 2.21. The molecular weight excluding hydrogens is 274 g/mol. The van der Waals surface area contributed by atoms with Gasteiger partial charge in [-0.2, -0.15) is 0 Å². The molecule has 0 aliphatic rings. The number of carbonyl (C=O) groups excluding carboxylic acids is 1. The van der Waals surface area contributed by atoms with Crippen LogP contribution >= 0.6 is 0 Å². The van der Waals surface area contributed by atoms with Gasteiger partial charge in [0.15, 0.2) is 0 Å². The Morgan fingerprint density at radius 1 is 1.05 bits per heavy atom. The van der Waals surface area contributed by atoms with Crippen LogP contribution < -0.4 is 0 Å². The maximum absolute atomic E-state index is 12.4. The summed E-state index contributed by atoms with van der Waals surface area (Å²) in [5.41, 5.74) is 2.63. The lowest BCUT2D eigenvalue weighted by atomic mass is 10.00. The fourth-order valence-electron chi connectivity index (χ4n) is 3.07. The number of H-pyrrole nitrogens is 1. The van der Waals surface area contributed by atoms with Crippen LogP contribution in [-0.4, -0.2) is 17.6 Å². The second-order valence-corrected chi connectivity index (χ2v) is 5.29. The molecule has 0 saturated carbocycles. The third-order valence-electron chi connectivity index (χ3n) is 4.00. The standard InChI is InChI=1S/C19H15NO2/c1-2-22-19(21)15-11-12-7-3-4-8-13(12)18-17(15)14-9-5-6-10-16(14)20-18/h3-11,20H,2H2,1H3. The predicted molar refractivity (Wildman–Crippen MR) is 89.3 cm³/mol. The minimum Gasteiger partial charge on any atom is -0.462 e. The highest BCUT2D eigenvalue weighted by atomic mass is 16.5. The van der Waals surface area contributed by atoms with Gasteiger partial charge in [0.05, 0.1) is 17.7 Å². The highest BCUT2D eigenvalue weighted by Gasteiger charge is 2.17. The summed E-state index contributed by atoms with van der Waals surface area (Å²) in [6, 6.07) is 18.0. The van der Waals surface area contributed by atoms with Crippen molar-refractivity contribution in [3.05, 3.63) is 60.2 Å². The number of hydrogen-bond acceptors (Lipinski definition) is 2. The molecule has 1 heterocycles. The van der Waals surface area contributed by atoms with E-state index in [9.17, 15) is 4.79 Å². The number of fused-ring (bicyclic) bond motifs is 5. The van der Waals surface area contributed by atoms with Crippen LogP contribution in [0, 0.1) is 0 Å². The lowest BCUT2D eigenvalue weighted by Gasteiger charge is -2.07. The van der Waals surface area contributed by atoms with Gasteiger partial charge in [-0.05, 0) is 24.4 Å². The van der Waals surface area contributed by atoms with Gasteiger partial charge in [-0.1, -0.05) is 42.5 Å². The molecule has 0 bridgehead atoms. The lowest BCUT2D eigenvalue weighted by Crippen LogP contribution is -2.05. The number of carbonyl (C=O) groups is 1. The van der Waals surface area contributed by atoms with Crippen LogP contribution in [-0.2, 0) is 4.74 Å². The number of aromatic nitrogens is 1. The molecule has 108 valence electrons. The van der Waals surface area contributed by atoms with E-state index in [1.54, 1.807) is 0 Å². The number of rotatable bonds is 2. The Morgan fingerprint density at radius 2 is 1.77 bits per heavy atom. The monoisotopic (exact) mass is 289 g/mol. The number of nitrogens with one attached hydrogen (secondary N) is 1. The first kappa shape index (κ1) is 12.9. The highest BCUT2D eigenvalue weighted by molar-refractivity contribution is 6.23. The van der Waals surface area contributed by atoms with E-state index in [1.807, 2.05) is 55.5 Å². The van der Waals surface area contributed by atoms with Gasteiger partial charge >= 0.3 is 5.97 Å². The normalized spacial score (nSPS) is 11.3. The van der Waals surface area contributed by atoms with Crippen LogP contribution in [0.5, 0.6) is 0 Å². The molecule has 0 atom stereocenters. The molecule has 3 heteroatoms. The third-order valence-corrected chi connectivity index (χ3v) is 4.00. The zero-order valence-electron chi connectivity index (χ0n) is 12.2. The van der Waals surface area contributed by atoms with Gasteiger partial charge in [0, 0.05) is 21.7 Å². The molecule has 0 saturated heterocycles. The van der Waals surface area contributed by atoms with Crippen molar-refractivity contribution in [2.24, 2.45) is 0 Å². The Bertz CT molecular complexity index is 1010. The molecule has 1 aromatic heterocycles. The number of esters is 1. The van der Waals surface area contributed by atoms with Crippen LogP contribution in [0.1, 0.15) is 17.3 Å². The van der Waals surface area contributed by atoms with Gasteiger partial charge in [0.25, 0.3) is 0 Å².